The van der Waals surface area contributed by atoms with Crippen LogP contribution in [0.25, 0.3) is 0 Å². The van der Waals surface area contributed by atoms with Crippen LogP contribution in [0.3, 0.4) is 0 Å². The van der Waals surface area contributed by atoms with E-state index in [1.807, 2.05) is 13.8 Å². The van der Waals surface area contributed by atoms with E-state index >= 15 is 0 Å². The van der Waals surface area contributed by atoms with Gasteiger partial charge in [0.2, 0.25) is 0 Å². The third-order valence-electron chi connectivity index (χ3n) is 2.09. The fraction of sp³-hybridized carbons (Fsp3) is 0.333. The van der Waals surface area contributed by atoms with Gasteiger partial charge in [-0.15, -0.1) is 5.54 Å². The first-order chi connectivity index (χ1) is 9.53. The van der Waals surface area contributed by atoms with Crippen molar-refractivity contribution in [3.63, 3.8) is 0 Å². The van der Waals surface area contributed by atoms with Gasteiger partial charge in [0.25, 0.3) is 0 Å². The number of hydrogen-bond donors (Lipinski definition) is 1. The van der Waals surface area contributed by atoms with Crippen LogP contribution in [-0.4, -0.2) is 23.4 Å². The molecule has 0 spiro atoms. The summed E-state index contributed by atoms with van der Waals surface area (Å²) in [4.78, 5) is 0. The van der Waals surface area contributed by atoms with E-state index < -0.39 is 15.5 Å². The molecule has 0 heterocycles. The Morgan fingerprint density at radius 1 is 1.33 bits per heavy atom. The summed E-state index contributed by atoms with van der Waals surface area (Å²) in [7, 11) is -5.21. The lowest BCUT2D eigenvalue weighted by Gasteiger charge is -2.12. The van der Waals surface area contributed by atoms with Gasteiger partial charge in [-0.05, 0) is 23.7 Å². The van der Waals surface area contributed by atoms with Crippen molar-refractivity contribution in [1.29, 1.82) is 0 Å². The second kappa shape index (κ2) is 6.73. The van der Waals surface area contributed by atoms with Gasteiger partial charge >= 0.3 is 15.5 Å². The van der Waals surface area contributed by atoms with Gasteiger partial charge in [0.05, 0.1) is 5.69 Å². The van der Waals surface area contributed by atoms with Crippen molar-refractivity contribution in [2.24, 2.45) is 0 Å². The lowest BCUT2D eigenvalue weighted by molar-refractivity contribution is -0.0429. The Bertz CT molecular complexity index is 678. The van der Waals surface area contributed by atoms with Crippen molar-refractivity contribution in [1.82, 2.24) is 0 Å². The molecule has 0 fully saturated rings. The summed E-state index contributed by atoms with van der Waals surface area (Å²) in [5.41, 5.74) is -2.44. The molecule has 0 aliphatic carbocycles. The Kier molecular flexibility index (Phi) is 5.73. The Balaban J connectivity index is 3.16. The molecule has 1 aromatic rings. The molecule has 114 valence electrons. The van der Waals surface area contributed by atoms with Gasteiger partial charge in [-0.1, -0.05) is 31.4 Å². The van der Waals surface area contributed by atoms with Crippen molar-refractivity contribution >= 4 is 36.8 Å². The Hall–Kier alpha value is -1.17. The first kappa shape index (κ1) is 17.9. The van der Waals surface area contributed by atoms with E-state index in [0.29, 0.717) is 5.54 Å². The second-order valence-electron chi connectivity index (χ2n) is 4.29. The summed E-state index contributed by atoms with van der Waals surface area (Å²) in [5, 5.41) is 0.252. The zero-order valence-corrected chi connectivity index (χ0v) is 13.6. The highest BCUT2D eigenvalue weighted by Crippen LogP contribution is 2.28. The molecular weight excluding hydrogens is 343 g/mol. The molecule has 0 unspecified atom stereocenters. The van der Waals surface area contributed by atoms with Crippen molar-refractivity contribution in [2.45, 2.75) is 24.9 Å². The van der Waals surface area contributed by atoms with Gasteiger partial charge in [0.1, 0.15) is 0 Å². The normalized spacial score (nSPS) is 12.0. The van der Waals surface area contributed by atoms with Crippen LogP contribution in [0.1, 0.15) is 19.4 Å². The number of rotatable bonds is 3. The van der Waals surface area contributed by atoms with Gasteiger partial charge in [-0.2, -0.15) is 21.6 Å². The topological polar surface area (TPSA) is 46.2 Å². The average Bonchev–Trinajstić information content (AvgIpc) is 2.30. The third kappa shape index (κ3) is 5.26. The molecule has 0 saturated carbocycles. The van der Waals surface area contributed by atoms with E-state index in [1.54, 1.807) is 0 Å². The molecule has 0 amide bonds. The highest BCUT2D eigenvalue weighted by Gasteiger charge is 2.46. The van der Waals surface area contributed by atoms with Crippen molar-refractivity contribution in [2.75, 3.05) is 4.72 Å². The second-order valence-corrected chi connectivity index (χ2v) is 8.09. The Morgan fingerprint density at radius 3 is 2.48 bits per heavy atom. The van der Waals surface area contributed by atoms with Gasteiger partial charge in [0.15, 0.2) is 9.52 Å². The van der Waals surface area contributed by atoms with Crippen molar-refractivity contribution in [3.8, 4) is 11.5 Å². The standard InChI is InChI=1S/C12H11ClF3NO2SSi/c1-8(2)21-6-5-9-7-10(13)3-4-11(9)17-20(18,19)12(14,15)16/h3-4,7-8,17H,1-2H3. The van der Waals surface area contributed by atoms with Crippen LogP contribution < -0.4 is 4.72 Å². The quantitative estimate of drug-likeness (QED) is 0.668. The zero-order valence-electron chi connectivity index (χ0n) is 11.0. The third-order valence-corrected chi connectivity index (χ3v) is 4.27. The maximum absolute atomic E-state index is 12.4. The molecule has 1 N–H and O–H groups in total. The predicted molar refractivity (Wildman–Crippen MR) is 77.8 cm³/mol. The lowest BCUT2D eigenvalue weighted by Crippen LogP contribution is -2.30. The molecule has 9 heteroatoms. The number of anilines is 1. The summed E-state index contributed by atoms with van der Waals surface area (Å²) >= 11 is 5.75. The summed E-state index contributed by atoms with van der Waals surface area (Å²) in [6.45, 7) is 3.89. The lowest BCUT2D eigenvalue weighted by atomic mass is 10.2. The van der Waals surface area contributed by atoms with Crippen LogP contribution in [0, 0.1) is 11.5 Å². The SMILES string of the molecule is CC(C)[Si]C#Cc1cc(Cl)ccc1NS(=O)(=O)C(F)(F)F. The van der Waals surface area contributed by atoms with Crippen LogP contribution >= 0.6 is 11.6 Å². The Morgan fingerprint density at radius 2 is 1.95 bits per heavy atom. The fourth-order valence-electron chi connectivity index (χ4n) is 1.16. The maximum Gasteiger partial charge on any atom is 0.516 e. The Labute approximate surface area is 128 Å². The molecule has 1 rings (SSSR count). The molecule has 0 bridgehead atoms. The van der Waals surface area contributed by atoms with Gasteiger partial charge in [0, 0.05) is 10.6 Å². The molecule has 0 aliphatic rings. The minimum atomic E-state index is -5.49. The monoisotopic (exact) mass is 353 g/mol. The molecule has 0 atom stereocenters. The van der Waals surface area contributed by atoms with Crippen LogP contribution in [0.4, 0.5) is 18.9 Å². The number of benzene rings is 1. The average molecular weight is 354 g/mol. The van der Waals surface area contributed by atoms with Crippen molar-refractivity contribution < 1.29 is 21.6 Å². The first-order valence-electron chi connectivity index (χ1n) is 5.68. The zero-order chi connectivity index (χ0) is 16.3. The fourth-order valence-corrected chi connectivity index (χ4v) is 2.41. The molecule has 2 radical (unpaired) electrons. The van der Waals surface area contributed by atoms with Crippen LogP contribution in [0.2, 0.25) is 10.6 Å². The van der Waals surface area contributed by atoms with Gasteiger partial charge < -0.3 is 0 Å². The smallest absolute Gasteiger partial charge is 0.275 e. The van der Waals surface area contributed by atoms with Crippen LogP contribution in [0.15, 0.2) is 18.2 Å². The molecule has 0 saturated heterocycles. The minimum absolute atomic E-state index is 0.100. The molecule has 0 aromatic heterocycles. The summed E-state index contributed by atoms with van der Waals surface area (Å²) in [6.07, 6.45) is 0. The number of halogens is 4. The van der Waals surface area contributed by atoms with Gasteiger partial charge in [-0.3, -0.25) is 4.72 Å². The molecule has 0 aliphatic heterocycles. The number of alkyl halides is 3. The molecule has 3 nitrogen and oxygen atoms in total. The van der Waals surface area contributed by atoms with E-state index in [1.165, 1.54) is 16.9 Å². The molecule has 1 aromatic carbocycles. The first-order valence-corrected chi connectivity index (χ1v) is 8.62. The molecular formula is C12H11ClF3NO2SSi. The van der Waals surface area contributed by atoms with E-state index in [4.69, 9.17) is 11.6 Å². The number of nitrogens with one attached hydrogen (secondary N) is 1. The van der Waals surface area contributed by atoms with E-state index in [0.717, 1.165) is 6.07 Å². The summed E-state index contributed by atoms with van der Waals surface area (Å²) in [6, 6.07) is 3.74. The van der Waals surface area contributed by atoms with Gasteiger partial charge in [-0.25, -0.2) is 0 Å². The highest BCUT2D eigenvalue weighted by molar-refractivity contribution is 7.93. The summed E-state index contributed by atoms with van der Waals surface area (Å²) in [5.74, 6) is 2.64. The largest absolute Gasteiger partial charge is 0.516 e. The minimum Gasteiger partial charge on any atom is -0.275 e. The maximum atomic E-state index is 12.4. The van der Waals surface area contributed by atoms with Crippen molar-refractivity contribution in [3.05, 3.63) is 28.8 Å². The number of sulfonamides is 1. The number of hydrogen-bond acceptors (Lipinski definition) is 2. The van der Waals surface area contributed by atoms with E-state index in [9.17, 15) is 21.6 Å². The van der Waals surface area contributed by atoms with E-state index in [-0.39, 0.29) is 25.8 Å². The van der Waals surface area contributed by atoms with Crippen LogP contribution in [0.5, 0.6) is 0 Å². The summed E-state index contributed by atoms with van der Waals surface area (Å²) < 4.78 is 60.9. The molecule has 21 heavy (non-hydrogen) atoms. The van der Waals surface area contributed by atoms with E-state index in [2.05, 4.69) is 11.5 Å². The van der Waals surface area contributed by atoms with Crippen LogP contribution in [-0.2, 0) is 10.0 Å². The highest BCUT2D eigenvalue weighted by atomic mass is 35.5. The predicted octanol–water partition coefficient (Wildman–Crippen LogP) is 3.44.